The second kappa shape index (κ2) is 3.66. The van der Waals surface area contributed by atoms with Gasteiger partial charge in [-0.25, -0.2) is 0 Å². The first-order valence-electron chi connectivity index (χ1n) is 2.70. The fourth-order valence-corrected chi connectivity index (χ4v) is 1.34. The molecule has 0 aromatic rings. The molecule has 0 aliphatic heterocycles. The van der Waals surface area contributed by atoms with Crippen LogP contribution in [0.25, 0.3) is 0 Å². The summed E-state index contributed by atoms with van der Waals surface area (Å²) in [4.78, 5) is 0. The number of nitrogens with zero attached hydrogens (tertiary/aromatic N) is 1. The van der Waals surface area contributed by atoms with Crippen molar-refractivity contribution in [3.05, 3.63) is 0 Å². The maximum Gasteiger partial charge on any atom is 0.213 e. The first kappa shape index (κ1) is 8.68. The second-order valence-corrected chi connectivity index (χ2v) is 4.35. The second-order valence-electron chi connectivity index (χ2n) is 1.75. The molecule has 0 aliphatic carbocycles. The largest absolute Gasteiger partial charge is 0.328 e. The minimum absolute atomic E-state index is 0.0147. The van der Waals surface area contributed by atoms with E-state index in [1.807, 2.05) is 0 Å². The highest BCUT2D eigenvalue weighted by atomic mass is 31.2. The van der Waals surface area contributed by atoms with Crippen molar-refractivity contribution in [2.75, 3.05) is 19.4 Å². The van der Waals surface area contributed by atoms with E-state index >= 15 is 0 Å². The van der Waals surface area contributed by atoms with E-state index < -0.39 is 7.37 Å². The molecule has 0 heterocycles. The highest BCUT2D eigenvalue weighted by Gasteiger charge is 2.12. The summed E-state index contributed by atoms with van der Waals surface area (Å²) in [7, 11) is -2.55. The van der Waals surface area contributed by atoms with Gasteiger partial charge in [-0.2, -0.15) is 5.26 Å². The SMILES string of the molecule is CCOP(C)(=O)CC#N. The number of hydrogen-bond acceptors (Lipinski definition) is 3. The molecule has 4 heteroatoms. The van der Waals surface area contributed by atoms with Crippen LogP contribution in [0, 0.1) is 11.3 Å². The van der Waals surface area contributed by atoms with Crippen molar-refractivity contribution in [1.82, 2.24) is 0 Å². The predicted molar refractivity (Wildman–Crippen MR) is 35.6 cm³/mol. The maximum atomic E-state index is 11.0. The Kier molecular flexibility index (Phi) is 3.53. The zero-order chi connectivity index (χ0) is 7.33. The lowest BCUT2D eigenvalue weighted by molar-refractivity contribution is 0.339. The van der Waals surface area contributed by atoms with Crippen LogP contribution in [-0.2, 0) is 9.09 Å². The molecule has 0 spiro atoms. The van der Waals surface area contributed by atoms with Crippen LogP contribution in [0.15, 0.2) is 0 Å². The van der Waals surface area contributed by atoms with Crippen LogP contribution in [0.1, 0.15) is 6.92 Å². The first-order chi connectivity index (χ1) is 4.12. The van der Waals surface area contributed by atoms with Crippen molar-refractivity contribution in [2.45, 2.75) is 6.92 Å². The number of rotatable bonds is 3. The summed E-state index contributed by atoms with van der Waals surface area (Å²) in [5.41, 5.74) is 0. The average Bonchev–Trinajstić information content (AvgIpc) is 1.64. The Balaban J connectivity index is 3.75. The van der Waals surface area contributed by atoms with Gasteiger partial charge in [0.05, 0.1) is 12.7 Å². The third-order valence-electron chi connectivity index (χ3n) is 0.760. The van der Waals surface area contributed by atoms with E-state index in [1.165, 1.54) is 6.66 Å². The third-order valence-corrected chi connectivity index (χ3v) is 2.28. The first-order valence-corrected chi connectivity index (χ1v) is 4.96. The van der Waals surface area contributed by atoms with Gasteiger partial charge in [0.1, 0.15) is 6.16 Å². The van der Waals surface area contributed by atoms with Gasteiger partial charge in [0, 0.05) is 6.66 Å². The van der Waals surface area contributed by atoms with Crippen molar-refractivity contribution in [3.63, 3.8) is 0 Å². The fraction of sp³-hybridized carbons (Fsp3) is 0.800. The zero-order valence-corrected chi connectivity index (χ0v) is 6.52. The standard InChI is InChI=1S/C5H10NO2P/c1-3-8-9(2,7)5-4-6/h3,5H2,1-2H3. The molecule has 0 radical (unpaired) electrons. The van der Waals surface area contributed by atoms with Gasteiger partial charge >= 0.3 is 0 Å². The molecule has 1 unspecified atom stereocenters. The smallest absolute Gasteiger partial charge is 0.213 e. The molecule has 0 aromatic heterocycles. The topological polar surface area (TPSA) is 50.1 Å². The lowest BCUT2D eigenvalue weighted by atomic mass is 10.9. The molecule has 0 N–H and O–H groups in total. The van der Waals surface area contributed by atoms with Crippen LogP contribution in [0.3, 0.4) is 0 Å². The summed E-state index contributed by atoms with van der Waals surface area (Å²) in [6.45, 7) is 3.64. The minimum Gasteiger partial charge on any atom is -0.328 e. The number of nitriles is 1. The monoisotopic (exact) mass is 147 g/mol. The molecule has 0 aliphatic rings. The number of hydrogen-bond donors (Lipinski definition) is 0. The molecule has 0 saturated carbocycles. The van der Waals surface area contributed by atoms with Gasteiger partial charge in [0.25, 0.3) is 0 Å². The van der Waals surface area contributed by atoms with Crippen LogP contribution in [0.5, 0.6) is 0 Å². The van der Waals surface area contributed by atoms with Crippen molar-refractivity contribution in [3.8, 4) is 6.07 Å². The van der Waals surface area contributed by atoms with E-state index in [2.05, 4.69) is 0 Å². The highest BCUT2D eigenvalue weighted by Crippen LogP contribution is 2.41. The van der Waals surface area contributed by atoms with Crippen molar-refractivity contribution in [2.24, 2.45) is 0 Å². The van der Waals surface area contributed by atoms with Crippen LogP contribution in [-0.4, -0.2) is 19.4 Å². The summed E-state index contributed by atoms with van der Waals surface area (Å²) in [5, 5.41) is 8.13. The summed E-state index contributed by atoms with van der Waals surface area (Å²) >= 11 is 0. The van der Waals surface area contributed by atoms with Gasteiger partial charge in [0.2, 0.25) is 7.37 Å². The van der Waals surface area contributed by atoms with Crippen LogP contribution < -0.4 is 0 Å². The highest BCUT2D eigenvalue weighted by molar-refractivity contribution is 7.58. The van der Waals surface area contributed by atoms with Crippen molar-refractivity contribution >= 4 is 7.37 Å². The van der Waals surface area contributed by atoms with Crippen molar-refractivity contribution in [1.29, 1.82) is 5.26 Å². The van der Waals surface area contributed by atoms with Gasteiger partial charge in [-0.1, -0.05) is 0 Å². The lowest BCUT2D eigenvalue weighted by Gasteiger charge is -2.06. The summed E-state index contributed by atoms with van der Waals surface area (Å²) in [5.74, 6) is 0. The Bertz CT molecular complexity index is 161. The van der Waals surface area contributed by atoms with Gasteiger partial charge < -0.3 is 4.52 Å². The molecule has 0 rings (SSSR count). The minimum atomic E-state index is -2.55. The predicted octanol–water partition coefficient (Wildman–Crippen LogP) is 1.45. The summed E-state index contributed by atoms with van der Waals surface area (Å²) in [6, 6.07) is 1.80. The van der Waals surface area contributed by atoms with Gasteiger partial charge in [-0.15, -0.1) is 0 Å². The summed E-state index contributed by atoms with van der Waals surface area (Å²) in [6.07, 6.45) is 0.0147. The van der Waals surface area contributed by atoms with E-state index in [1.54, 1.807) is 13.0 Å². The molecule has 0 aromatic carbocycles. The Morgan fingerprint density at radius 1 is 1.78 bits per heavy atom. The molecule has 0 bridgehead atoms. The molecular weight excluding hydrogens is 137 g/mol. The van der Waals surface area contributed by atoms with Crippen LogP contribution >= 0.6 is 7.37 Å². The van der Waals surface area contributed by atoms with Crippen LogP contribution in [0.4, 0.5) is 0 Å². The zero-order valence-electron chi connectivity index (χ0n) is 5.63. The van der Waals surface area contributed by atoms with Crippen molar-refractivity contribution < 1.29 is 9.09 Å². The molecule has 0 amide bonds. The van der Waals surface area contributed by atoms with E-state index in [4.69, 9.17) is 9.79 Å². The maximum absolute atomic E-state index is 11.0. The molecular formula is C5H10NO2P. The van der Waals surface area contributed by atoms with E-state index in [-0.39, 0.29) is 6.16 Å². The molecule has 9 heavy (non-hydrogen) atoms. The Morgan fingerprint density at radius 2 is 2.33 bits per heavy atom. The quantitative estimate of drug-likeness (QED) is 0.567. The van der Waals surface area contributed by atoms with E-state index in [9.17, 15) is 4.57 Å². The van der Waals surface area contributed by atoms with Gasteiger partial charge in [-0.3, -0.25) is 4.57 Å². The van der Waals surface area contributed by atoms with E-state index in [0.717, 1.165) is 0 Å². The molecule has 3 nitrogen and oxygen atoms in total. The average molecular weight is 147 g/mol. The normalized spacial score (nSPS) is 16.1. The van der Waals surface area contributed by atoms with E-state index in [0.29, 0.717) is 6.61 Å². The Hall–Kier alpha value is -0.320. The summed E-state index contributed by atoms with van der Waals surface area (Å²) < 4.78 is 15.8. The molecule has 1 atom stereocenters. The Labute approximate surface area is 55.1 Å². The third kappa shape index (κ3) is 4.20. The Morgan fingerprint density at radius 3 is 2.67 bits per heavy atom. The molecule has 0 fully saturated rings. The van der Waals surface area contributed by atoms with Gasteiger partial charge in [0.15, 0.2) is 0 Å². The van der Waals surface area contributed by atoms with Gasteiger partial charge in [-0.05, 0) is 6.92 Å². The fourth-order valence-electron chi connectivity index (χ4n) is 0.447. The van der Waals surface area contributed by atoms with Crippen LogP contribution in [0.2, 0.25) is 0 Å². The molecule has 0 saturated heterocycles. The lowest BCUT2D eigenvalue weighted by Crippen LogP contribution is -1.90. The molecule has 52 valence electrons.